The van der Waals surface area contributed by atoms with E-state index in [1.165, 1.54) is 47.8 Å². The second-order valence-corrected chi connectivity index (χ2v) is 13.3. The van der Waals surface area contributed by atoms with Crippen LogP contribution in [0.15, 0.2) is 64.4 Å². The SMILES string of the molecule is COc1cccc(-c2c(C)c(Cc3c(F)cccc3C(F)(F)F)c3n(c2=O)C(CN2CCN(c4cc(C)cc(C)c4)CC2)CS3)c1F. The fraction of sp³-hybridized carbons (Fsp3) is 0.361. The molecule has 0 amide bonds. The van der Waals surface area contributed by atoms with Crippen molar-refractivity contribution in [3.05, 3.63) is 110 Å². The highest BCUT2D eigenvalue weighted by Gasteiger charge is 2.37. The zero-order valence-corrected chi connectivity index (χ0v) is 27.5. The normalized spacial score (nSPS) is 16.9. The monoisotopic (exact) mass is 669 g/mol. The van der Waals surface area contributed by atoms with Crippen LogP contribution in [0, 0.1) is 32.4 Å². The predicted molar refractivity (Wildman–Crippen MR) is 176 cm³/mol. The van der Waals surface area contributed by atoms with Crippen LogP contribution in [0.1, 0.15) is 39.4 Å². The third kappa shape index (κ3) is 6.39. The number of hydrogen-bond donors (Lipinski definition) is 0. The minimum atomic E-state index is -4.78. The minimum absolute atomic E-state index is 0.00862. The van der Waals surface area contributed by atoms with Gasteiger partial charge >= 0.3 is 6.18 Å². The van der Waals surface area contributed by atoms with Gasteiger partial charge in [-0.05, 0) is 73.4 Å². The second-order valence-electron chi connectivity index (χ2n) is 12.3. The highest BCUT2D eigenvalue weighted by atomic mass is 32.2. The first kappa shape index (κ1) is 33.1. The van der Waals surface area contributed by atoms with Gasteiger partial charge in [0, 0.05) is 61.7 Å². The molecule has 0 radical (unpaired) electrons. The summed E-state index contributed by atoms with van der Waals surface area (Å²) in [6.45, 7) is 9.43. The molecule has 47 heavy (non-hydrogen) atoms. The van der Waals surface area contributed by atoms with Gasteiger partial charge in [0.05, 0.1) is 29.3 Å². The van der Waals surface area contributed by atoms with Crippen LogP contribution in [-0.2, 0) is 12.6 Å². The van der Waals surface area contributed by atoms with E-state index >= 15 is 8.78 Å². The molecule has 0 saturated carbocycles. The molecule has 2 aliphatic rings. The summed E-state index contributed by atoms with van der Waals surface area (Å²) in [6, 6.07) is 13.5. The average Bonchev–Trinajstić information content (AvgIpc) is 3.43. The van der Waals surface area contributed by atoms with Crippen molar-refractivity contribution in [3.8, 4) is 16.9 Å². The molecule has 1 atom stereocenters. The molecule has 2 aliphatic heterocycles. The van der Waals surface area contributed by atoms with Crippen LogP contribution >= 0.6 is 11.8 Å². The number of anilines is 1. The Balaban J connectivity index is 1.40. The van der Waals surface area contributed by atoms with Crippen molar-refractivity contribution in [2.45, 2.75) is 44.4 Å². The maximum absolute atomic E-state index is 15.7. The lowest BCUT2D eigenvalue weighted by molar-refractivity contribution is -0.138. The largest absolute Gasteiger partial charge is 0.494 e. The van der Waals surface area contributed by atoms with Crippen LogP contribution in [0.4, 0.5) is 27.6 Å². The Hall–Kier alpha value is -3.83. The molecule has 0 bridgehead atoms. The molecule has 1 aromatic heterocycles. The maximum atomic E-state index is 15.7. The number of rotatable bonds is 7. The Labute approximate surface area is 275 Å². The number of aryl methyl sites for hydroxylation is 2. The summed E-state index contributed by atoms with van der Waals surface area (Å²) < 4.78 is 79.8. The average molecular weight is 670 g/mol. The minimum Gasteiger partial charge on any atom is -0.494 e. The molecule has 0 spiro atoms. The predicted octanol–water partition coefficient (Wildman–Crippen LogP) is 7.81. The van der Waals surface area contributed by atoms with Crippen LogP contribution < -0.4 is 15.2 Å². The number of hydrogen-bond acceptors (Lipinski definition) is 5. The molecule has 0 N–H and O–H groups in total. The molecule has 3 aromatic carbocycles. The first-order valence-corrected chi connectivity index (χ1v) is 16.5. The molecule has 1 unspecified atom stereocenters. The fourth-order valence-corrected chi connectivity index (χ4v) is 8.26. The Morgan fingerprint density at radius 2 is 1.60 bits per heavy atom. The molecule has 1 saturated heterocycles. The smallest absolute Gasteiger partial charge is 0.416 e. The number of alkyl halides is 3. The summed E-state index contributed by atoms with van der Waals surface area (Å²) in [5.41, 5.74) is 2.30. The topological polar surface area (TPSA) is 37.7 Å². The molecule has 248 valence electrons. The highest BCUT2D eigenvalue weighted by molar-refractivity contribution is 7.99. The molecule has 5 nitrogen and oxygen atoms in total. The van der Waals surface area contributed by atoms with Gasteiger partial charge in [-0.2, -0.15) is 13.2 Å². The summed E-state index contributed by atoms with van der Waals surface area (Å²) in [5.74, 6) is -1.28. The van der Waals surface area contributed by atoms with Gasteiger partial charge in [-0.25, -0.2) is 8.78 Å². The van der Waals surface area contributed by atoms with Crippen molar-refractivity contribution < 1.29 is 26.7 Å². The van der Waals surface area contributed by atoms with Gasteiger partial charge in [0.2, 0.25) is 0 Å². The summed E-state index contributed by atoms with van der Waals surface area (Å²) in [4.78, 5) is 19.0. The van der Waals surface area contributed by atoms with E-state index in [-0.39, 0.29) is 22.9 Å². The molecule has 4 aromatic rings. The van der Waals surface area contributed by atoms with E-state index in [1.54, 1.807) is 17.6 Å². The third-order valence-electron chi connectivity index (χ3n) is 9.16. The van der Waals surface area contributed by atoms with Crippen molar-refractivity contribution in [1.29, 1.82) is 0 Å². The zero-order chi connectivity index (χ0) is 33.6. The van der Waals surface area contributed by atoms with E-state index in [9.17, 15) is 18.0 Å². The van der Waals surface area contributed by atoms with Crippen LogP contribution in [0.3, 0.4) is 0 Å². The standard InChI is InChI=1S/C36H36F5N3O2S/c1-21-15-22(2)17-24(16-21)43-13-11-42(12-14-43)19-25-20-47-35-27(18-28-29(36(39,40)41)8-6-9-30(28)37)23(3)32(34(45)44(25)35)26-7-5-10-31(46-4)33(26)38/h5-10,15-17,25H,11-14,18-20H2,1-4H3. The van der Waals surface area contributed by atoms with Crippen LogP contribution in [0.5, 0.6) is 5.75 Å². The van der Waals surface area contributed by atoms with Gasteiger partial charge in [-0.1, -0.05) is 24.3 Å². The lowest BCUT2D eigenvalue weighted by atomic mass is 9.92. The van der Waals surface area contributed by atoms with Gasteiger partial charge in [0.1, 0.15) is 5.82 Å². The zero-order valence-electron chi connectivity index (χ0n) is 26.7. The summed E-state index contributed by atoms with van der Waals surface area (Å²) >= 11 is 1.38. The van der Waals surface area contributed by atoms with Crippen LogP contribution in [-0.4, -0.2) is 55.1 Å². The number of ether oxygens (including phenoxy) is 1. The second kappa shape index (κ2) is 13.0. The molecule has 1 fully saturated rings. The lowest BCUT2D eigenvalue weighted by Gasteiger charge is -2.37. The number of nitrogens with zero attached hydrogens (tertiary/aromatic N) is 3. The lowest BCUT2D eigenvalue weighted by Crippen LogP contribution is -2.48. The van der Waals surface area contributed by atoms with E-state index in [4.69, 9.17) is 4.74 Å². The number of methoxy groups -OCH3 is 1. The van der Waals surface area contributed by atoms with E-state index < -0.39 is 40.9 Å². The van der Waals surface area contributed by atoms with Crippen molar-refractivity contribution in [3.63, 3.8) is 0 Å². The molecule has 11 heteroatoms. The van der Waals surface area contributed by atoms with Crippen molar-refractivity contribution in [2.75, 3.05) is 50.5 Å². The van der Waals surface area contributed by atoms with Gasteiger partial charge in [0.25, 0.3) is 5.56 Å². The van der Waals surface area contributed by atoms with E-state index in [0.717, 1.165) is 44.4 Å². The number of thioether (sulfide) groups is 1. The van der Waals surface area contributed by atoms with Crippen molar-refractivity contribution in [2.24, 2.45) is 0 Å². The Morgan fingerprint density at radius 1 is 0.915 bits per heavy atom. The molecular formula is C36H36F5N3O2S. The molecular weight excluding hydrogens is 633 g/mol. The van der Waals surface area contributed by atoms with Crippen LogP contribution in [0.25, 0.3) is 11.1 Å². The Kier molecular flexibility index (Phi) is 9.15. The number of piperazine rings is 1. The first-order chi connectivity index (χ1) is 22.4. The van der Waals surface area contributed by atoms with E-state index in [2.05, 4.69) is 41.8 Å². The molecule has 3 heterocycles. The summed E-state index contributed by atoms with van der Waals surface area (Å²) in [5, 5.41) is 0.495. The Bertz CT molecular complexity index is 1860. The van der Waals surface area contributed by atoms with Crippen LogP contribution in [0.2, 0.25) is 0 Å². The van der Waals surface area contributed by atoms with E-state index in [0.29, 0.717) is 28.5 Å². The van der Waals surface area contributed by atoms with Gasteiger partial charge in [-0.3, -0.25) is 14.3 Å². The van der Waals surface area contributed by atoms with E-state index in [1.807, 2.05) is 0 Å². The molecule has 0 aliphatic carbocycles. The number of halogens is 5. The fourth-order valence-electron chi connectivity index (χ4n) is 6.89. The van der Waals surface area contributed by atoms with Gasteiger partial charge in [0.15, 0.2) is 11.6 Å². The highest BCUT2D eigenvalue weighted by Crippen LogP contribution is 2.42. The number of fused-ring (bicyclic) bond motifs is 1. The molecule has 6 rings (SSSR count). The van der Waals surface area contributed by atoms with Crippen molar-refractivity contribution in [1.82, 2.24) is 9.47 Å². The first-order valence-electron chi connectivity index (χ1n) is 15.5. The summed E-state index contributed by atoms with van der Waals surface area (Å²) in [6.07, 6.45) is -5.19. The maximum Gasteiger partial charge on any atom is 0.416 e. The number of pyridine rings is 1. The summed E-state index contributed by atoms with van der Waals surface area (Å²) in [7, 11) is 1.32. The van der Waals surface area contributed by atoms with Crippen molar-refractivity contribution >= 4 is 17.4 Å². The number of aromatic nitrogens is 1. The quantitative estimate of drug-likeness (QED) is 0.188. The van der Waals surface area contributed by atoms with Gasteiger partial charge < -0.3 is 9.64 Å². The number of benzene rings is 3. The van der Waals surface area contributed by atoms with Gasteiger partial charge in [-0.15, -0.1) is 11.8 Å². The third-order valence-corrected chi connectivity index (χ3v) is 10.4. The Morgan fingerprint density at radius 3 is 2.26 bits per heavy atom.